The van der Waals surface area contributed by atoms with Gasteiger partial charge in [-0.25, -0.2) is 15.0 Å². The van der Waals surface area contributed by atoms with E-state index in [0.29, 0.717) is 17.5 Å². The lowest BCUT2D eigenvalue weighted by Gasteiger charge is -2.15. The van der Waals surface area contributed by atoms with Crippen molar-refractivity contribution in [1.29, 1.82) is 0 Å². The Hall–Kier alpha value is -7.79. The number of thiophene rings is 1. The third kappa shape index (κ3) is 6.07. The Bertz CT molecular complexity index is 3650. The van der Waals surface area contributed by atoms with Crippen LogP contribution in [0.3, 0.4) is 0 Å². The second-order valence-corrected chi connectivity index (χ2v) is 16.6. The van der Waals surface area contributed by atoms with E-state index < -0.39 is 0 Å². The molecule has 0 bridgehead atoms. The zero-order valence-corrected chi connectivity index (χ0v) is 33.8. The minimum Gasteiger partial charge on any atom is -0.208 e. The Morgan fingerprint density at radius 2 is 0.803 bits per heavy atom. The van der Waals surface area contributed by atoms with Crippen LogP contribution in [0.2, 0.25) is 0 Å². The van der Waals surface area contributed by atoms with Crippen LogP contribution in [0.25, 0.3) is 120 Å². The minimum atomic E-state index is 0.622. The molecule has 3 nitrogen and oxygen atoms in total. The van der Waals surface area contributed by atoms with Crippen molar-refractivity contribution in [3.8, 4) is 67.5 Å². The Balaban J connectivity index is 1.04. The monoisotopic (exact) mass is 793 g/mol. The third-order valence-corrected chi connectivity index (χ3v) is 13.1. The molecule has 284 valence electrons. The molecule has 0 aliphatic heterocycles. The van der Waals surface area contributed by atoms with E-state index in [4.69, 9.17) is 15.0 Å². The fourth-order valence-corrected chi connectivity index (χ4v) is 10.1. The normalized spacial score (nSPS) is 11.6. The molecule has 0 amide bonds. The molecule has 0 radical (unpaired) electrons. The summed E-state index contributed by atoms with van der Waals surface area (Å²) < 4.78 is 2.57. The summed E-state index contributed by atoms with van der Waals surface area (Å²) in [5.41, 5.74) is 9.57. The van der Waals surface area contributed by atoms with Gasteiger partial charge in [0, 0.05) is 36.9 Å². The van der Waals surface area contributed by atoms with Gasteiger partial charge in [-0.3, -0.25) is 0 Å². The molecule has 2 heterocycles. The van der Waals surface area contributed by atoms with Gasteiger partial charge < -0.3 is 0 Å². The molecule has 2 aromatic heterocycles. The largest absolute Gasteiger partial charge is 0.208 e. The van der Waals surface area contributed by atoms with Crippen molar-refractivity contribution >= 4 is 63.8 Å². The van der Waals surface area contributed by atoms with Gasteiger partial charge >= 0.3 is 0 Å². The molecule has 12 aromatic rings. The first kappa shape index (κ1) is 35.2. The van der Waals surface area contributed by atoms with Gasteiger partial charge in [0.2, 0.25) is 0 Å². The molecule has 0 saturated heterocycles. The number of fused-ring (bicyclic) bond motifs is 7. The predicted octanol–water partition coefficient (Wildman–Crippen LogP) is 15.7. The van der Waals surface area contributed by atoms with Crippen LogP contribution in [0, 0.1) is 0 Å². The highest BCUT2D eigenvalue weighted by Gasteiger charge is 2.19. The van der Waals surface area contributed by atoms with Crippen molar-refractivity contribution in [3.63, 3.8) is 0 Å². The minimum absolute atomic E-state index is 0.622. The quantitative estimate of drug-likeness (QED) is 0.124. The summed E-state index contributed by atoms with van der Waals surface area (Å²) >= 11 is 1.83. The van der Waals surface area contributed by atoms with E-state index in [2.05, 4.69) is 206 Å². The summed E-state index contributed by atoms with van der Waals surface area (Å²) in [5.74, 6) is 1.88. The van der Waals surface area contributed by atoms with Crippen LogP contribution in [0.15, 0.2) is 212 Å². The number of benzene rings is 10. The maximum Gasteiger partial charge on any atom is 0.164 e. The molecule has 0 spiro atoms. The number of nitrogens with zero attached hydrogens (tertiary/aromatic N) is 3. The van der Waals surface area contributed by atoms with Gasteiger partial charge in [-0.2, -0.15) is 0 Å². The molecule has 0 atom stereocenters. The molecule has 0 unspecified atom stereocenters. The van der Waals surface area contributed by atoms with Crippen LogP contribution in [0.5, 0.6) is 0 Å². The van der Waals surface area contributed by atoms with Gasteiger partial charge in [0.25, 0.3) is 0 Å². The third-order valence-electron chi connectivity index (χ3n) is 11.9. The second-order valence-electron chi connectivity index (χ2n) is 15.5. The topological polar surface area (TPSA) is 38.7 Å². The van der Waals surface area contributed by atoms with E-state index in [-0.39, 0.29) is 0 Å². The first-order chi connectivity index (χ1) is 30.2. The highest BCUT2D eigenvalue weighted by atomic mass is 32.1. The molecule has 12 rings (SSSR count). The van der Waals surface area contributed by atoms with Crippen LogP contribution >= 0.6 is 11.3 Å². The van der Waals surface area contributed by atoms with Crippen LogP contribution in [-0.4, -0.2) is 15.0 Å². The summed E-state index contributed by atoms with van der Waals surface area (Å²) in [7, 11) is 0. The maximum absolute atomic E-state index is 5.31. The van der Waals surface area contributed by atoms with Crippen molar-refractivity contribution in [3.05, 3.63) is 212 Å². The Morgan fingerprint density at radius 3 is 1.56 bits per heavy atom. The summed E-state index contributed by atoms with van der Waals surface area (Å²) in [4.78, 5) is 15.9. The summed E-state index contributed by atoms with van der Waals surface area (Å²) in [6.45, 7) is 0. The van der Waals surface area contributed by atoms with Gasteiger partial charge in [0.15, 0.2) is 17.5 Å². The summed E-state index contributed by atoms with van der Waals surface area (Å²) in [5, 5.41) is 9.97. The average molecular weight is 794 g/mol. The fraction of sp³-hybridized carbons (Fsp3) is 0. The van der Waals surface area contributed by atoms with E-state index in [1.54, 1.807) is 0 Å². The van der Waals surface area contributed by atoms with Crippen molar-refractivity contribution < 1.29 is 0 Å². The fourth-order valence-electron chi connectivity index (χ4n) is 9.03. The number of rotatable bonds is 6. The van der Waals surface area contributed by atoms with Crippen molar-refractivity contribution in [1.82, 2.24) is 15.0 Å². The number of hydrogen-bond acceptors (Lipinski definition) is 4. The first-order valence-corrected chi connectivity index (χ1v) is 21.4. The van der Waals surface area contributed by atoms with Crippen molar-refractivity contribution in [2.45, 2.75) is 0 Å². The van der Waals surface area contributed by atoms with Crippen molar-refractivity contribution in [2.24, 2.45) is 0 Å². The zero-order valence-electron chi connectivity index (χ0n) is 33.0. The van der Waals surface area contributed by atoms with Gasteiger partial charge in [0.05, 0.1) is 0 Å². The van der Waals surface area contributed by atoms with Gasteiger partial charge in [-0.15, -0.1) is 11.3 Å². The zero-order chi connectivity index (χ0) is 40.3. The highest BCUT2D eigenvalue weighted by molar-refractivity contribution is 7.25. The first-order valence-electron chi connectivity index (χ1n) is 20.6. The predicted molar refractivity (Wildman–Crippen MR) is 258 cm³/mol. The lowest BCUT2D eigenvalue weighted by Crippen LogP contribution is -2.02. The van der Waals surface area contributed by atoms with E-state index >= 15 is 0 Å². The number of aromatic nitrogens is 3. The molecule has 10 aromatic carbocycles. The Kier molecular flexibility index (Phi) is 8.36. The van der Waals surface area contributed by atoms with Crippen LogP contribution in [-0.2, 0) is 0 Å². The summed E-state index contributed by atoms with van der Waals surface area (Å²) in [6.07, 6.45) is 0. The molecule has 0 saturated carbocycles. The van der Waals surface area contributed by atoms with Crippen LogP contribution in [0.4, 0.5) is 0 Å². The molecule has 4 heteroatoms. The molecule has 0 fully saturated rings. The van der Waals surface area contributed by atoms with Crippen LogP contribution in [0.1, 0.15) is 0 Å². The smallest absolute Gasteiger partial charge is 0.164 e. The van der Waals surface area contributed by atoms with E-state index in [9.17, 15) is 0 Å². The summed E-state index contributed by atoms with van der Waals surface area (Å²) in [6, 6.07) is 75.8. The second kappa shape index (κ2) is 14.5. The molecule has 0 aliphatic carbocycles. The van der Waals surface area contributed by atoms with Gasteiger partial charge in [0.1, 0.15) is 0 Å². The average Bonchev–Trinajstić information content (AvgIpc) is 3.71. The number of hydrogen-bond donors (Lipinski definition) is 0. The van der Waals surface area contributed by atoms with E-state index in [1.807, 2.05) is 17.4 Å². The Labute approximate surface area is 356 Å². The molecular formula is C57H35N3S. The van der Waals surface area contributed by atoms with Gasteiger partial charge in [-0.05, 0) is 90.0 Å². The Morgan fingerprint density at radius 1 is 0.262 bits per heavy atom. The SMILES string of the molecule is c1ccc(-c2ccccc2-c2nc(-c3ccc(-c4c5ccccc5cc5c4ccc4ccccc45)cc3)nc(-c3ccccc3-c3ccc4sc5ccccc5c4c3)n2)cc1. The van der Waals surface area contributed by atoms with E-state index in [0.717, 1.165) is 44.5 Å². The molecule has 0 aliphatic rings. The lowest BCUT2D eigenvalue weighted by molar-refractivity contribution is 1.07. The molecular weight excluding hydrogens is 759 g/mol. The van der Waals surface area contributed by atoms with E-state index in [1.165, 1.54) is 58.1 Å². The molecule has 61 heavy (non-hydrogen) atoms. The van der Waals surface area contributed by atoms with Crippen molar-refractivity contribution in [2.75, 3.05) is 0 Å². The lowest BCUT2D eigenvalue weighted by atomic mass is 9.89. The maximum atomic E-state index is 5.31. The van der Waals surface area contributed by atoms with Crippen LogP contribution < -0.4 is 0 Å². The van der Waals surface area contributed by atoms with Gasteiger partial charge in [-0.1, -0.05) is 188 Å². The highest BCUT2D eigenvalue weighted by Crippen LogP contribution is 2.42. The molecule has 0 N–H and O–H groups in total. The standard InChI is InChI=1S/C57H35N3S/c1-2-14-36(15-3-1)42-18-8-10-23-48(42)56-58-55(59-57(60-56)49-24-11-9-20-44(49)41-31-33-53-51(35-41)46-22-12-13-25-52(46)61-53)39-28-26-38(27-29-39)54-45-21-7-5-17-40(45)34-50-43-19-6-4-16-37(43)30-32-47(50)54/h1-35H.